The molecule has 0 aromatic heterocycles. The minimum absolute atomic E-state index is 0.0469. The smallest absolute Gasteiger partial charge is 0.127 e. The van der Waals surface area contributed by atoms with Crippen molar-refractivity contribution in [3.8, 4) is 0 Å². The standard InChI is InChI=1S/C11H15FO/c1-8-5-4-6-9(12)10(8)11(2,3)7-13/h4-6,13H,7H2,1-3H3. The van der Waals surface area contributed by atoms with E-state index in [9.17, 15) is 4.39 Å². The van der Waals surface area contributed by atoms with Crippen LogP contribution in [0.25, 0.3) is 0 Å². The minimum Gasteiger partial charge on any atom is -0.395 e. The molecule has 1 aromatic rings. The average molecular weight is 182 g/mol. The normalized spacial score (nSPS) is 11.8. The van der Waals surface area contributed by atoms with Gasteiger partial charge in [-0.25, -0.2) is 4.39 Å². The molecule has 0 fully saturated rings. The summed E-state index contributed by atoms with van der Waals surface area (Å²) >= 11 is 0. The molecule has 0 aliphatic heterocycles. The zero-order valence-corrected chi connectivity index (χ0v) is 8.26. The molecule has 1 N–H and O–H groups in total. The van der Waals surface area contributed by atoms with Gasteiger partial charge in [0.25, 0.3) is 0 Å². The van der Waals surface area contributed by atoms with Crippen LogP contribution in [0.5, 0.6) is 0 Å². The number of aliphatic hydroxyl groups excluding tert-OH is 1. The molecule has 0 spiro atoms. The lowest BCUT2D eigenvalue weighted by Gasteiger charge is -2.24. The molecule has 13 heavy (non-hydrogen) atoms. The number of aryl methyl sites for hydroxylation is 1. The topological polar surface area (TPSA) is 20.2 Å². The lowest BCUT2D eigenvalue weighted by molar-refractivity contribution is 0.214. The third-order valence-electron chi connectivity index (χ3n) is 2.29. The molecule has 0 amide bonds. The second kappa shape index (κ2) is 3.46. The molecule has 1 aromatic carbocycles. The molecule has 0 unspecified atom stereocenters. The fourth-order valence-corrected chi connectivity index (χ4v) is 1.57. The van der Waals surface area contributed by atoms with Crippen LogP contribution in [-0.2, 0) is 5.41 Å². The number of rotatable bonds is 2. The van der Waals surface area contributed by atoms with Crippen molar-refractivity contribution in [2.24, 2.45) is 0 Å². The number of halogens is 1. The van der Waals surface area contributed by atoms with Crippen LogP contribution in [0.15, 0.2) is 18.2 Å². The van der Waals surface area contributed by atoms with Gasteiger partial charge in [0.2, 0.25) is 0 Å². The van der Waals surface area contributed by atoms with Gasteiger partial charge < -0.3 is 5.11 Å². The van der Waals surface area contributed by atoms with Gasteiger partial charge in [-0.3, -0.25) is 0 Å². The van der Waals surface area contributed by atoms with Gasteiger partial charge in [0.15, 0.2) is 0 Å². The van der Waals surface area contributed by atoms with Crippen LogP contribution in [-0.4, -0.2) is 11.7 Å². The van der Waals surface area contributed by atoms with E-state index in [0.29, 0.717) is 5.56 Å². The summed E-state index contributed by atoms with van der Waals surface area (Å²) in [6.07, 6.45) is 0. The van der Waals surface area contributed by atoms with Crippen molar-refractivity contribution < 1.29 is 9.50 Å². The van der Waals surface area contributed by atoms with Gasteiger partial charge >= 0.3 is 0 Å². The molecule has 1 rings (SSSR count). The predicted molar refractivity (Wildman–Crippen MR) is 51.2 cm³/mol. The SMILES string of the molecule is Cc1cccc(F)c1C(C)(C)CO. The number of hydrogen-bond donors (Lipinski definition) is 1. The molecule has 0 saturated carbocycles. The quantitative estimate of drug-likeness (QED) is 0.744. The highest BCUT2D eigenvalue weighted by Gasteiger charge is 2.24. The minimum atomic E-state index is -0.505. The van der Waals surface area contributed by atoms with E-state index in [1.807, 2.05) is 26.8 Å². The predicted octanol–water partition coefficient (Wildman–Crippen LogP) is 2.40. The Balaban J connectivity index is 3.28. The van der Waals surface area contributed by atoms with Gasteiger partial charge in [0.05, 0.1) is 6.61 Å². The second-order valence-corrected chi connectivity index (χ2v) is 3.97. The van der Waals surface area contributed by atoms with Crippen LogP contribution in [0.2, 0.25) is 0 Å². The molecule has 0 radical (unpaired) electrons. The fourth-order valence-electron chi connectivity index (χ4n) is 1.57. The van der Waals surface area contributed by atoms with Crippen LogP contribution in [0.4, 0.5) is 4.39 Å². The highest BCUT2D eigenvalue weighted by atomic mass is 19.1. The van der Waals surface area contributed by atoms with Crippen molar-refractivity contribution in [2.75, 3.05) is 6.61 Å². The highest BCUT2D eigenvalue weighted by molar-refractivity contribution is 5.33. The third-order valence-corrected chi connectivity index (χ3v) is 2.29. The molecule has 0 heterocycles. The van der Waals surface area contributed by atoms with Crippen LogP contribution in [0, 0.1) is 12.7 Å². The van der Waals surface area contributed by atoms with Gasteiger partial charge in [-0.15, -0.1) is 0 Å². The van der Waals surface area contributed by atoms with Crippen molar-refractivity contribution in [3.63, 3.8) is 0 Å². The van der Waals surface area contributed by atoms with Gasteiger partial charge in [0, 0.05) is 5.41 Å². The summed E-state index contributed by atoms with van der Waals surface area (Å²) in [7, 11) is 0. The molecule has 1 nitrogen and oxygen atoms in total. The van der Waals surface area contributed by atoms with Crippen LogP contribution >= 0.6 is 0 Å². The van der Waals surface area contributed by atoms with E-state index in [1.165, 1.54) is 6.07 Å². The second-order valence-electron chi connectivity index (χ2n) is 3.97. The Kier molecular flexibility index (Phi) is 2.71. The molecule has 72 valence electrons. The van der Waals surface area contributed by atoms with E-state index >= 15 is 0 Å². The van der Waals surface area contributed by atoms with Crippen molar-refractivity contribution in [2.45, 2.75) is 26.2 Å². The summed E-state index contributed by atoms with van der Waals surface area (Å²) < 4.78 is 13.4. The average Bonchev–Trinajstić information content (AvgIpc) is 2.03. The van der Waals surface area contributed by atoms with E-state index in [0.717, 1.165) is 5.56 Å². The maximum absolute atomic E-state index is 13.4. The van der Waals surface area contributed by atoms with Gasteiger partial charge in [-0.2, -0.15) is 0 Å². The van der Waals surface area contributed by atoms with E-state index in [-0.39, 0.29) is 12.4 Å². The fraction of sp³-hybridized carbons (Fsp3) is 0.455. The first-order valence-corrected chi connectivity index (χ1v) is 4.35. The summed E-state index contributed by atoms with van der Waals surface area (Å²) in [5, 5.41) is 9.13. The molecule has 0 bridgehead atoms. The first-order chi connectivity index (χ1) is 5.99. The van der Waals surface area contributed by atoms with Crippen molar-refractivity contribution in [1.82, 2.24) is 0 Å². The summed E-state index contributed by atoms with van der Waals surface area (Å²) in [4.78, 5) is 0. The van der Waals surface area contributed by atoms with Crippen LogP contribution in [0.3, 0.4) is 0 Å². The van der Waals surface area contributed by atoms with Crippen LogP contribution < -0.4 is 0 Å². The maximum atomic E-state index is 13.4. The molecule has 2 heteroatoms. The Morgan fingerprint density at radius 3 is 2.46 bits per heavy atom. The van der Waals surface area contributed by atoms with Gasteiger partial charge in [-0.05, 0) is 24.1 Å². The molecular weight excluding hydrogens is 167 g/mol. The molecule has 0 aliphatic carbocycles. The molecule has 0 saturated heterocycles. The number of aliphatic hydroxyl groups is 1. The highest BCUT2D eigenvalue weighted by Crippen LogP contribution is 2.27. The molecular formula is C11H15FO. The summed E-state index contributed by atoms with van der Waals surface area (Å²) in [6.45, 7) is 5.47. The summed E-state index contributed by atoms with van der Waals surface area (Å²) in [5.41, 5.74) is 0.992. The molecule has 0 atom stereocenters. The summed E-state index contributed by atoms with van der Waals surface area (Å²) in [5.74, 6) is -0.237. The van der Waals surface area contributed by atoms with Crippen LogP contribution in [0.1, 0.15) is 25.0 Å². The van der Waals surface area contributed by atoms with Gasteiger partial charge in [0.1, 0.15) is 5.82 Å². The number of hydrogen-bond acceptors (Lipinski definition) is 1. The number of benzene rings is 1. The van der Waals surface area contributed by atoms with E-state index in [1.54, 1.807) is 6.07 Å². The third kappa shape index (κ3) is 1.89. The van der Waals surface area contributed by atoms with E-state index in [2.05, 4.69) is 0 Å². The first kappa shape index (κ1) is 10.2. The van der Waals surface area contributed by atoms with E-state index in [4.69, 9.17) is 5.11 Å². The van der Waals surface area contributed by atoms with Crippen molar-refractivity contribution >= 4 is 0 Å². The lowest BCUT2D eigenvalue weighted by atomic mass is 9.82. The monoisotopic (exact) mass is 182 g/mol. The Morgan fingerprint density at radius 2 is 2.00 bits per heavy atom. The largest absolute Gasteiger partial charge is 0.395 e. The van der Waals surface area contributed by atoms with E-state index < -0.39 is 5.41 Å². The Morgan fingerprint density at radius 1 is 1.38 bits per heavy atom. The zero-order valence-electron chi connectivity index (χ0n) is 8.26. The summed E-state index contributed by atoms with van der Waals surface area (Å²) in [6, 6.07) is 4.97. The Labute approximate surface area is 78.2 Å². The van der Waals surface area contributed by atoms with Crippen molar-refractivity contribution in [3.05, 3.63) is 35.1 Å². The maximum Gasteiger partial charge on any atom is 0.127 e. The van der Waals surface area contributed by atoms with Crippen molar-refractivity contribution in [1.29, 1.82) is 0 Å². The lowest BCUT2D eigenvalue weighted by Crippen LogP contribution is -2.24. The zero-order chi connectivity index (χ0) is 10.1. The Hall–Kier alpha value is -0.890. The first-order valence-electron chi connectivity index (χ1n) is 4.35. The molecule has 0 aliphatic rings. The Bertz CT molecular complexity index is 285. The van der Waals surface area contributed by atoms with Gasteiger partial charge in [-0.1, -0.05) is 26.0 Å².